The molecule has 0 amide bonds. The normalized spacial score (nSPS) is 11.1. The van der Waals surface area contributed by atoms with Gasteiger partial charge >= 0.3 is 7.58 Å². The number of rotatable bonds is 10. The van der Waals surface area contributed by atoms with Gasteiger partial charge in [-0.1, -0.05) is 17.7 Å². The molecule has 10 heteroatoms. The standard InChI is InChI=1S/C25H25O8PS/c1-16-6-10-21(11-7-16)35(28,29)34(32-24-14-19(30-4)8-12-22(24)17(2)26)33-25-15-20(31-5)9-13-23(25)18(3)27/h6-15H,1-5H3. The van der Waals surface area contributed by atoms with E-state index in [2.05, 4.69) is 0 Å². The lowest BCUT2D eigenvalue weighted by atomic mass is 10.1. The lowest BCUT2D eigenvalue weighted by Gasteiger charge is -2.21. The number of hydrogen-bond donors (Lipinski definition) is 0. The molecule has 3 aromatic carbocycles. The van der Waals surface area contributed by atoms with Gasteiger partial charge in [-0.25, -0.2) is 8.42 Å². The van der Waals surface area contributed by atoms with Crippen LogP contribution >= 0.6 is 7.58 Å². The summed E-state index contributed by atoms with van der Waals surface area (Å²) >= 11 is 0. The van der Waals surface area contributed by atoms with Gasteiger partial charge < -0.3 is 18.5 Å². The smallest absolute Gasteiger partial charge is 0.426 e. The summed E-state index contributed by atoms with van der Waals surface area (Å²) in [4.78, 5) is 24.4. The number of hydrogen-bond acceptors (Lipinski definition) is 8. The van der Waals surface area contributed by atoms with E-state index in [4.69, 9.17) is 18.5 Å². The van der Waals surface area contributed by atoms with Crippen LogP contribution in [0.2, 0.25) is 0 Å². The van der Waals surface area contributed by atoms with Gasteiger partial charge in [-0.2, -0.15) is 0 Å². The summed E-state index contributed by atoms with van der Waals surface area (Å²) in [7, 11) is -4.15. The van der Waals surface area contributed by atoms with Crippen molar-refractivity contribution in [2.24, 2.45) is 0 Å². The Morgan fingerprint density at radius 2 is 1.14 bits per heavy atom. The highest BCUT2D eigenvalue weighted by Crippen LogP contribution is 2.51. The zero-order valence-corrected chi connectivity index (χ0v) is 21.6. The molecule has 0 bridgehead atoms. The molecule has 0 radical (unpaired) electrons. The summed E-state index contributed by atoms with van der Waals surface area (Å²) in [6, 6.07) is 15.1. The third-order valence-corrected chi connectivity index (χ3v) is 9.21. The van der Waals surface area contributed by atoms with Gasteiger partial charge in [-0.05, 0) is 57.2 Å². The van der Waals surface area contributed by atoms with Gasteiger partial charge in [0.15, 0.2) is 11.6 Å². The molecule has 0 saturated carbocycles. The van der Waals surface area contributed by atoms with E-state index < -0.39 is 17.0 Å². The van der Waals surface area contributed by atoms with Crippen LogP contribution in [0, 0.1) is 6.92 Å². The van der Waals surface area contributed by atoms with Crippen LogP contribution in [0.3, 0.4) is 0 Å². The van der Waals surface area contributed by atoms with Crippen LogP contribution in [-0.4, -0.2) is 34.2 Å². The van der Waals surface area contributed by atoms with Crippen LogP contribution in [0.4, 0.5) is 0 Å². The number of ketones is 2. The average Bonchev–Trinajstić information content (AvgIpc) is 2.83. The number of carbonyl (C=O) groups excluding carboxylic acids is 2. The van der Waals surface area contributed by atoms with Crippen molar-refractivity contribution in [3.05, 3.63) is 77.4 Å². The lowest BCUT2D eigenvalue weighted by Crippen LogP contribution is -2.11. The number of Topliss-reactive ketones (excluding diaryl/α,β-unsaturated/α-hetero) is 2. The fraction of sp³-hybridized carbons (Fsp3) is 0.200. The fourth-order valence-electron chi connectivity index (χ4n) is 3.07. The first-order valence-corrected chi connectivity index (χ1v) is 13.7. The molecule has 0 aromatic heterocycles. The van der Waals surface area contributed by atoms with E-state index in [1.807, 2.05) is 6.92 Å². The number of carbonyl (C=O) groups is 2. The van der Waals surface area contributed by atoms with Crippen molar-refractivity contribution >= 4 is 28.6 Å². The molecule has 184 valence electrons. The molecule has 0 fully saturated rings. The maximum Gasteiger partial charge on any atom is 0.426 e. The van der Waals surface area contributed by atoms with Crippen LogP contribution in [0.15, 0.2) is 65.6 Å². The third-order valence-electron chi connectivity index (χ3n) is 5.00. The Kier molecular flexibility index (Phi) is 8.14. The van der Waals surface area contributed by atoms with E-state index in [0.717, 1.165) is 5.56 Å². The first-order valence-electron chi connectivity index (χ1n) is 10.4. The second-order valence-corrected chi connectivity index (χ2v) is 12.1. The molecule has 3 rings (SSSR count). The van der Waals surface area contributed by atoms with Gasteiger partial charge in [0.1, 0.15) is 23.0 Å². The molecule has 0 saturated heterocycles. The first-order chi connectivity index (χ1) is 16.6. The molecule has 8 nitrogen and oxygen atoms in total. The van der Waals surface area contributed by atoms with Gasteiger partial charge in [-0.3, -0.25) is 9.59 Å². The zero-order valence-electron chi connectivity index (χ0n) is 19.9. The molecule has 0 aliphatic rings. The number of benzene rings is 3. The highest BCUT2D eigenvalue weighted by molar-refractivity contribution is 8.47. The minimum atomic E-state index is -4.22. The minimum Gasteiger partial charge on any atom is -0.497 e. The summed E-state index contributed by atoms with van der Waals surface area (Å²) in [6.45, 7) is 4.50. The van der Waals surface area contributed by atoms with E-state index in [9.17, 15) is 18.0 Å². The Hall–Kier alpha value is -3.42. The molecule has 0 atom stereocenters. The van der Waals surface area contributed by atoms with Gasteiger partial charge in [0, 0.05) is 12.1 Å². The van der Waals surface area contributed by atoms with Crippen LogP contribution in [0.25, 0.3) is 0 Å². The number of methoxy groups -OCH3 is 2. The highest BCUT2D eigenvalue weighted by atomic mass is 32.8. The van der Waals surface area contributed by atoms with Crippen molar-refractivity contribution < 1.29 is 36.5 Å². The van der Waals surface area contributed by atoms with E-state index in [0.29, 0.717) is 11.5 Å². The molecule has 0 heterocycles. The van der Waals surface area contributed by atoms with Crippen molar-refractivity contribution in [1.82, 2.24) is 0 Å². The molecule has 0 N–H and O–H groups in total. The van der Waals surface area contributed by atoms with E-state index in [1.54, 1.807) is 24.3 Å². The summed E-state index contributed by atoms with van der Waals surface area (Å²) < 4.78 is 49.6. The number of ether oxygens (including phenoxy) is 2. The molecule has 0 aliphatic carbocycles. The Morgan fingerprint density at radius 1 is 0.714 bits per heavy atom. The average molecular weight is 517 g/mol. The summed E-state index contributed by atoms with van der Waals surface area (Å²) in [5, 5.41) is 0. The summed E-state index contributed by atoms with van der Waals surface area (Å²) in [5.41, 5.74) is 1.17. The van der Waals surface area contributed by atoms with E-state index >= 15 is 0 Å². The number of aryl methyl sites for hydroxylation is 1. The largest absolute Gasteiger partial charge is 0.497 e. The van der Waals surface area contributed by atoms with Gasteiger partial charge in [0.25, 0.3) is 9.46 Å². The van der Waals surface area contributed by atoms with E-state index in [-0.39, 0.29) is 39.1 Å². The third kappa shape index (κ3) is 5.99. The molecular weight excluding hydrogens is 491 g/mol. The molecule has 35 heavy (non-hydrogen) atoms. The Balaban J connectivity index is 2.17. The minimum absolute atomic E-state index is 0.0223. The molecule has 0 aliphatic heterocycles. The van der Waals surface area contributed by atoms with Crippen molar-refractivity contribution in [2.75, 3.05) is 14.2 Å². The predicted octanol–water partition coefficient (Wildman–Crippen LogP) is 5.58. The van der Waals surface area contributed by atoms with Crippen molar-refractivity contribution in [3.8, 4) is 23.0 Å². The van der Waals surface area contributed by atoms with Crippen LogP contribution < -0.4 is 18.5 Å². The highest BCUT2D eigenvalue weighted by Gasteiger charge is 2.37. The van der Waals surface area contributed by atoms with Crippen molar-refractivity contribution in [3.63, 3.8) is 0 Å². The summed E-state index contributed by atoms with van der Waals surface area (Å²) in [6.07, 6.45) is 0. The van der Waals surface area contributed by atoms with Gasteiger partial charge in [0.2, 0.25) is 0 Å². The topological polar surface area (TPSA) is 105 Å². The zero-order chi connectivity index (χ0) is 25.8. The predicted molar refractivity (Wildman–Crippen MR) is 133 cm³/mol. The molecule has 0 spiro atoms. The molecule has 0 unspecified atom stereocenters. The second-order valence-electron chi connectivity index (χ2n) is 7.53. The lowest BCUT2D eigenvalue weighted by molar-refractivity contribution is 0.100. The van der Waals surface area contributed by atoms with Crippen molar-refractivity contribution in [1.29, 1.82) is 0 Å². The summed E-state index contributed by atoms with van der Waals surface area (Å²) in [5.74, 6) is 0.00102. The molecule has 3 aromatic rings. The Labute approximate surface area is 205 Å². The van der Waals surface area contributed by atoms with Gasteiger partial charge in [0.05, 0.1) is 30.2 Å². The molecular formula is C25H25O8PS. The van der Waals surface area contributed by atoms with Crippen molar-refractivity contribution in [2.45, 2.75) is 25.7 Å². The van der Waals surface area contributed by atoms with Crippen LogP contribution in [0.5, 0.6) is 23.0 Å². The van der Waals surface area contributed by atoms with Crippen LogP contribution in [-0.2, 0) is 9.46 Å². The first kappa shape index (κ1) is 26.2. The second kappa shape index (κ2) is 10.9. The Bertz CT molecular complexity index is 1280. The monoisotopic (exact) mass is 516 g/mol. The maximum absolute atomic E-state index is 13.7. The SMILES string of the molecule is COc1ccc(C(C)=O)c(OP(Oc2cc(OC)ccc2C(C)=O)S(=O)(=O)c2ccc(C)cc2)c1. The quantitative estimate of drug-likeness (QED) is 0.254. The Morgan fingerprint density at radius 3 is 1.51 bits per heavy atom. The van der Waals surface area contributed by atoms with Crippen LogP contribution in [0.1, 0.15) is 40.1 Å². The fourth-order valence-corrected chi connectivity index (χ4v) is 6.53. The van der Waals surface area contributed by atoms with E-state index in [1.165, 1.54) is 64.5 Å². The maximum atomic E-state index is 13.7. The van der Waals surface area contributed by atoms with Gasteiger partial charge in [-0.15, -0.1) is 0 Å².